The molecule has 1 heterocycles. The minimum atomic E-state index is -0.0545. The Bertz CT molecular complexity index is 733. The highest BCUT2D eigenvalue weighted by molar-refractivity contribution is 5.96. The van der Waals surface area contributed by atoms with Gasteiger partial charge < -0.3 is 11.1 Å². The van der Waals surface area contributed by atoms with E-state index in [4.69, 9.17) is 5.73 Å². The van der Waals surface area contributed by atoms with E-state index >= 15 is 0 Å². The summed E-state index contributed by atoms with van der Waals surface area (Å²) in [7, 11) is 0. The summed E-state index contributed by atoms with van der Waals surface area (Å²) < 4.78 is 0. The lowest BCUT2D eigenvalue weighted by Crippen LogP contribution is -2.37. The van der Waals surface area contributed by atoms with Gasteiger partial charge in [-0.05, 0) is 63.0 Å². The molecule has 4 heteroatoms. The number of anilines is 1. The molecule has 1 amide bonds. The summed E-state index contributed by atoms with van der Waals surface area (Å²) in [5.41, 5.74) is 10.6. The molecule has 1 aliphatic rings. The summed E-state index contributed by atoms with van der Waals surface area (Å²) in [6.45, 7) is 6.82. The van der Waals surface area contributed by atoms with Crippen LogP contribution in [0.25, 0.3) is 0 Å². The van der Waals surface area contributed by atoms with Crippen molar-refractivity contribution in [1.82, 2.24) is 10.2 Å². The van der Waals surface area contributed by atoms with Crippen molar-refractivity contribution in [3.05, 3.63) is 64.7 Å². The van der Waals surface area contributed by atoms with Gasteiger partial charge in [-0.25, -0.2) is 0 Å². The van der Waals surface area contributed by atoms with E-state index in [1.165, 1.54) is 24.0 Å². The van der Waals surface area contributed by atoms with E-state index < -0.39 is 0 Å². The highest BCUT2D eigenvalue weighted by atomic mass is 16.1. The monoisotopic (exact) mass is 337 g/mol. The maximum absolute atomic E-state index is 12.6. The summed E-state index contributed by atoms with van der Waals surface area (Å²) in [4.78, 5) is 15.1. The Morgan fingerprint density at radius 3 is 2.48 bits per heavy atom. The summed E-state index contributed by atoms with van der Waals surface area (Å²) in [5.74, 6) is -0.0545. The van der Waals surface area contributed by atoms with Gasteiger partial charge in [-0.15, -0.1) is 0 Å². The minimum Gasteiger partial charge on any atom is -0.399 e. The number of carbonyl (C=O) groups is 1. The maximum atomic E-state index is 12.6. The number of hydrogen-bond donors (Lipinski definition) is 2. The van der Waals surface area contributed by atoms with Crippen LogP contribution in [0.1, 0.15) is 45.9 Å². The van der Waals surface area contributed by atoms with Crippen LogP contribution in [0.15, 0.2) is 42.5 Å². The van der Waals surface area contributed by atoms with E-state index in [0.29, 0.717) is 17.8 Å². The van der Waals surface area contributed by atoms with Crippen molar-refractivity contribution in [2.45, 2.75) is 32.7 Å². The maximum Gasteiger partial charge on any atom is 0.251 e. The Hall–Kier alpha value is -2.33. The van der Waals surface area contributed by atoms with Crippen LogP contribution in [0.3, 0.4) is 0 Å². The molecule has 25 heavy (non-hydrogen) atoms. The van der Waals surface area contributed by atoms with Gasteiger partial charge in [0.1, 0.15) is 0 Å². The molecule has 1 fully saturated rings. The lowest BCUT2D eigenvalue weighted by atomic mass is 10.0. The normalized spacial score (nSPS) is 15.9. The molecule has 1 atom stereocenters. The molecule has 1 aliphatic heterocycles. The first-order chi connectivity index (χ1) is 12.0. The zero-order valence-electron chi connectivity index (χ0n) is 15.1. The molecule has 0 spiro atoms. The van der Waals surface area contributed by atoms with E-state index in [-0.39, 0.29) is 11.9 Å². The van der Waals surface area contributed by atoms with Gasteiger partial charge in [-0.3, -0.25) is 9.69 Å². The van der Waals surface area contributed by atoms with E-state index in [9.17, 15) is 4.79 Å². The lowest BCUT2D eigenvalue weighted by molar-refractivity contribution is 0.0937. The third kappa shape index (κ3) is 4.20. The Balaban J connectivity index is 1.75. The average molecular weight is 337 g/mol. The number of nitrogens with one attached hydrogen (secondary N) is 1. The number of nitrogens with two attached hydrogens (primary N) is 1. The second-order valence-corrected chi connectivity index (χ2v) is 6.95. The van der Waals surface area contributed by atoms with Crippen LogP contribution in [0, 0.1) is 13.8 Å². The first kappa shape index (κ1) is 17.5. The molecule has 0 radical (unpaired) electrons. The predicted octanol–water partition coefficient (Wildman–Crippen LogP) is 3.45. The van der Waals surface area contributed by atoms with Gasteiger partial charge in [0.25, 0.3) is 5.91 Å². The molecule has 1 saturated heterocycles. The SMILES string of the molecule is Cc1ccc(C(CNC(=O)c2cc(N)ccc2C)N2CCCC2)cc1. The molecule has 4 nitrogen and oxygen atoms in total. The van der Waals surface area contributed by atoms with Crippen molar-refractivity contribution >= 4 is 11.6 Å². The first-order valence-electron chi connectivity index (χ1n) is 8.99. The molecule has 3 N–H and O–H groups in total. The number of hydrogen-bond acceptors (Lipinski definition) is 3. The number of nitrogens with zero attached hydrogens (tertiary/aromatic N) is 1. The topological polar surface area (TPSA) is 58.4 Å². The van der Waals surface area contributed by atoms with Gasteiger partial charge in [0.05, 0.1) is 6.04 Å². The fraction of sp³-hybridized carbons (Fsp3) is 0.381. The number of rotatable bonds is 5. The van der Waals surface area contributed by atoms with Gasteiger partial charge in [-0.1, -0.05) is 35.9 Å². The van der Waals surface area contributed by atoms with Crippen molar-refractivity contribution in [2.24, 2.45) is 0 Å². The third-order valence-electron chi connectivity index (χ3n) is 5.01. The number of nitrogen functional groups attached to an aromatic ring is 1. The van der Waals surface area contributed by atoms with Crippen molar-refractivity contribution in [1.29, 1.82) is 0 Å². The van der Waals surface area contributed by atoms with Gasteiger partial charge in [0, 0.05) is 17.8 Å². The fourth-order valence-corrected chi connectivity index (χ4v) is 3.47. The van der Waals surface area contributed by atoms with E-state index in [2.05, 4.69) is 41.4 Å². The molecule has 0 aromatic heterocycles. The van der Waals surface area contributed by atoms with E-state index in [1.54, 1.807) is 6.07 Å². The highest BCUT2D eigenvalue weighted by Crippen LogP contribution is 2.25. The molecule has 3 rings (SSSR count). The smallest absolute Gasteiger partial charge is 0.251 e. The molecule has 1 unspecified atom stereocenters. The summed E-state index contributed by atoms with van der Waals surface area (Å²) in [6, 6.07) is 14.3. The molecule has 2 aromatic carbocycles. The molecule has 0 saturated carbocycles. The number of carbonyl (C=O) groups excluding carboxylic acids is 1. The van der Waals surface area contributed by atoms with E-state index in [0.717, 1.165) is 18.7 Å². The highest BCUT2D eigenvalue weighted by Gasteiger charge is 2.24. The zero-order valence-corrected chi connectivity index (χ0v) is 15.1. The van der Waals surface area contributed by atoms with Crippen molar-refractivity contribution < 1.29 is 4.79 Å². The van der Waals surface area contributed by atoms with Crippen LogP contribution in [0.2, 0.25) is 0 Å². The number of benzene rings is 2. The van der Waals surface area contributed by atoms with E-state index in [1.807, 2.05) is 19.1 Å². The van der Waals surface area contributed by atoms with Gasteiger partial charge in [0.15, 0.2) is 0 Å². The van der Waals surface area contributed by atoms with Crippen LogP contribution >= 0.6 is 0 Å². The van der Waals surface area contributed by atoms with Gasteiger partial charge >= 0.3 is 0 Å². The van der Waals surface area contributed by atoms with Crippen LogP contribution in [-0.4, -0.2) is 30.4 Å². The lowest BCUT2D eigenvalue weighted by Gasteiger charge is -2.28. The molecule has 0 bridgehead atoms. The number of likely N-dealkylation sites (tertiary alicyclic amines) is 1. The summed E-state index contributed by atoms with van der Waals surface area (Å²) >= 11 is 0. The number of amides is 1. The molecular weight excluding hydrogens is 310 g/mol. The fourth-order valence-electron chi connectivity index (χ4n) is 3.47. The Morgan fingerprint density at radius 2 is 1.80 bits per heavy atom. The molecular formula is C21H27N3O. The summed E-state index contributed by atoms with van der Waals surface area (Å²) in [6.07, 6.45) is 2.45. The Kier molecular flexibility index (Phi) is 5.39. The van der Waals surface area contributed by atoms with Crippen LogP contribution in [0.4, 0.5) is 5.69 Å². The van der Waals surface area contributed by atoms with Gasteiger partial charge in [0.2, 0.25) is 0 Å². The molecule has 132 valence electrons. The minimum absolute atomic E-state index is 0.0545. The largest absolute Gasteiger partial charge is 0.399 e. The van der Waals surface area contributed by atoms with Crippen LogP contribution in [-0.2, 0) is 0 Å². The first-order valence-corrected chi connectivity index (χ1v) is 8.99. The Labute approximate surface area is 150 Å². The van der Waals surface area contributed by atoms with Crippen LogP contribution < -0.4 is 11.1 Å². The van der Waals surface area contributed by atoms with Crippen LogP contribution in [0.5, 0.6) is 0 Å². The standard InChI is InChI=1S/C21H27N3O/c1-15-5-8-17(9-6-15)20(24-11-3-4-12-24)14-23-21(25)19-13-18(22)10-7-16(19)2/h5-10,13,20H,3-4,11-12,14,22H2,1-2H3,(H,23,25). The van der Waals surface area contributed by atoms with Crippen molar-refractivity contribution in [3.63, 3.8) is 0 Å². The second kappa shape index (κ2) is 7.70. The second-order valence-electron chi connectivity index (χ2n) is 6.95. The quantitative estimate of drug-likeness (QED) is 0.822. The predicted molar refractivity (Wildman–Crippen MR) is 103 cm³/mol. The Morgan fingerprint density at radius 1 is 1.12 bits per heavy atom. The average Bonchev–Trinajstić information content (AvgIpc) is 3.13. The molecule has 0 aliphatic carbocycles. The number of aryl methyl sites for hydroxylation is 2. The van der Waals surface area contributed by atoms with Gasteiger partial charge in [-0.2, -0.15) is 0 Å². The third-order valence-corrected chi connectivity index (χ3v) is 5.01. The van der Waals surface area contributed by atoms with Crippen molar-refractivity contribution in [2.75, 3.05) is 25.4 Å². The summed E-state index contributed by atoms with van der Waals surface area (Å²) in [5, 5.41) is 3.12. The zero-order chi connectivity index (χ0) is 17.8. The van der Waals surface area contributed by atoms with Crippen molar-refractivity contribution in [3.8, 4) is 0 Å². The molecule has 2 aromatic rings.